The highest BCUT2D eigenvalue weighted by molar-refractivity contribution is 6.32. The van der Waals surface area contributed by atoms with Gasteiger partial charge in [0, 0.05) is 6.54 Å². The van der Waals surface area contributed by atoms with Crippen molar-refractivity contribution in [2.24, 2.45) is 0 Å². The zero-order valence-corrected chi connectivity index (χ0v) is 13.2. The van der Waals surface area contributed by atoms with Crippen LogP contribution in [0.15, 0.2) is 18.2 Å². The first-order valence-electron chi connectivity index (χ1n) is 6.94. The summed E-state index contributed by atoms with van der Waals surface area (Å²) in [6, 6.07) is 5.31. The smallest absolute Gasteiger partial charge is 0.334 e. The fraction of sp³-hybridized carbons (Fsp3) is 0.467. The summed E-state index contributed by atoms with van der Waals surface area (Å²) in [5.41, 5.74) is 0.969. The largest absolute Gasteiger partial charge is 0.479 e. The minimum atomic E-state index is -1.08. The second kappa shape index (κ2) is 6.98. The predicted molar refractivity (Wildman–Crippen MR) is 80.2 cm³/mol. The number of amides is 1. The van der Waals surface area contributed by atoms with E-state index in [0.29, 0.717) is 17.3 Å². The summed E-state index contributed by atoms with van der Waals surface area (Å²) in [6.07, 6.45) is -1.75. The first-order chi connectivity index (χ1) is 10.4. The van der Waals surface area contributed by atoms with Crippen molar-refractivity contribution in [1.82, 2.24) is 4.90 Å². The molecule has 0 aliphatic carbocycles. The van der Waals surface area contributed by atoms with Gasteiger partial charge in [-0.2, -0.15) is 0 Å². The molecular weight excluding hydrogens is 310 g/mol. The SMILES string of the molecule is Cc1ccc(Cl)c(O[C@@H](C)C(=O)N2CCO[C@@H](C(=O)O)C2)c1. The lowest BCUT2D eigenvalue weighted by atomic mass is 10.2. The molecule has 6 nitrogen and oxygen atoms in total. The number of halogens is 1. The van der Waals surface area contributed by atoms with E-state index in [1.54, 1.807) is 19.1 Å². The average Bonchev–Trinajstić information content (AvgIpc) is 2.50. The van der Waals surface area contributed by atoms with E-state index >= 15 is 0 Å². The highest BCUT2D eigenvalue weighted by Crippen LogP contribution is 2.26. The van der Waals surface area contributed by atoms with Crippen molar-refractivity contribution in [3.8, 4) is 5.75 Å². The van der Waals surface area contributed by atoms with Crippen molar-refractivity contribution in [2.45, 2.75) is 26.1 Å². The number of aliphatic carboxylic acids is 1. The minimum absolute atomic E-state index is 0.0173. The number of carbonyl (C=O) groups is 2. The third kappa shape index (κ3) is 3.90. The molecular formula is C15H18ClNO5. The number of carboxylic acid groups (broad SMARTS) is 1. The summed E-state index contributed by atoms with van der Waals surface area (Å²) in [6.45, 7) is 4.07. The molecule has 0 saturated carbocycles. The van der Waals surface area contributed by atoms with Crippen LogP contribution in [-0.4, -0.2) is 53.8 Å². The van der Waals surface area contributed by atoms with Gasteiger partial charge in [-0.25, -0.2) is 4.79 Å². The van der Waals surface area contributed by atoms with Gasteiger partial charge in [-0.1, -0.05) is 17.7 Å². The van der Waals surface area contributed by atoms with Crippen LogP contribution in [-0.2, 0) is 14.3 Å². The van der Waals surface area contributed by atoms with E-state index < -0.39 is 18.2 Å². The Morgan fingerprint density at radius 1 is 1.50 bits per heavy atom. The number of carboxylic acids is 1. The lowest BCUT2D eigenvalue weighted by Crippen LogP contribution is -2.51. The molecule has 1 heterocycles. The maximum absolute atomic E-state index is 12.4. The van der Waals surface area contributed by atoms with Crippen molar-refractivity contribution >= 4 is 23.5 Å². The van der Waals surface area contributed by atoms with Crippen LogP contribution >= 0.6 is 11.6 Å². The molecule has 1 fully saturated rings. The van der Waals surface area contributed by atoms with Gasteiger partial charge in [0.25, 0.3) is 5.91 Å². The molecule has 0 bridgehead atoms. The van der Waals surface area contributed by atoms with Crippen LogP contribution in [0.2, 0.25) is 5.02 Å². The topological polar surface area (TPSA) is 76.1 Å². The molecule has 120 valence electrons. The second-order valence-electron chi connectivity index (χ2n) is 5.18. The maximum atomic E-state index is 12.4. The Balaban J connectivity index is 2.02. The second-order valence-corrected chi connectivity index (χ2v) is 5.58. The van der Waals surface area contributed by atoms with Crippen LogP contribution < -0.4 is 4.74 Å². The molecule has 1 aliphatic heterocycles. The van der Waals surface area contributed by atoms with Gasteiger partial charge in [0.2, 0.25) is 0 Å². The van der Waals surface area contributed by atoms with Crippen LogP contribution in [0.25, 0.3) is 0 Å². The van der Waals surface area contributed by atoms with Crippen LogP contribution in [0, 0.1) is 6.92 Å². The van der Waals surface area contributed by atoms with Gasteiger partial charge in [-0.05, 0) is 31.5 Å². The van der Waals surface area contributed by atoms with Gasteiger partial charge >= 0.3 is 5.97 Å². The predicted octanol–water partition coefficient (Wildman–Crippen LogP) is 1.73. The molecule has 1 saturated heterocycles. The number of ether oxygens (including phenoxy) is 2. The number of aryl methyl sites for hydroxylation is 1. The number of rotatable bonds is 4. The Kier molecular flexibility index (Phi) is 5.26. The van der Waals surface area contributed by atoms with E-state index in [0.717, 1.165) is 5.56 Å². The molecule has 22 heavy (non-hydrogen) atoms. The van der Waals surface area contributed by atoms with Crippen molar-refractivity contribution < 1.29 is 24.2 Å². The number of hydrogen-bond acceptors (Lipinski definition) is 4. The van der Waals surface area contributed by atoms with Gasteiger partial charge in [-0.3, -0.25) is 4.79 Å². The Morgan fingerprint density at radius 2 is 2.23 bits per heavy atom. The summed E-state index contributed by atoms with van der Waals surface area (Å²) in [4.78, 5) is 24.8. The highest BCUT2D eigenvalue weighted by Gasteiger charge is 2.31. The number of morpholine rings is 1. The quantitative estimate of drug-likeness (QED) is 0.911. The van der Waals surface area contributed by atoms with Crippen molar-refractivity contribution in [3.05, 3.63) is 28.8 Å². The fourth-order valence-corrected chi connectivity index (χ4v) is 2.36. The monoisotopic (exact) mass is 327 g/mol. The maximum Gasteiger partial charge on any atom is 0.334 e. The summed E-state index contributed by atoms with van der Waals surface area (Å²) in [7, 11) is 0. The molecule has 1 aliphatic rings. The van der Waals surface area contributed by atoms with Crippen molar-refractivity contribution in [1.29, 1.82) is 0 Å². The number of benzene rings is 1. The molecule has 1 N–H and O–H groups in total. The Hall–Kier alpha value is -1.79. The first kappa shape index (κ1) is 16.6. The van der Waals surface area contributed by atoms with Gasteiger partial charge < -0.3 is 19.5 Å². The normalized spacial score (nSPS) is 19.6. The third-order valence-electron chi connectivity index (χ3n) is 3.39. The molecule has 1 amide bonds. The lowest BCUT2D eigenvalue weighted by Gasteiger charge is -2.32. The molecule has 0 spiro atoms. The van der Waals surface area contributed by atoms with Crippen molar-refractivity contribution in [2.75, 3.05) is 19.7 Å². The van der Waals surface area contributed by atoms with Gasteiger partial charge in [0.1, 0.15) is 5.75 Å². The standard InChI is InChI=1S/C15H18ClNO5/c1-9-3-4-11(16)12(7-9)22-10(2)14(18)17-5-6-21-13(8-17)15(19)20/h3-4,7,10,13H,5-6,8H2,1-2H3,(H,19,20)/t10-,13+/m0/s1. The fourth-order valence-electron chi connectivity index (χ4n) is 2.20. The van der Waals surface area contributed by atoms with E-state index in [1.807, 2.05) is 13.0 Å². The average molecular weight is 328 g/mol. The molecule has 0 aromatic heterocycles. The molecule has 0 unspecified atom stereocenters. The van der Waals surface area contributed by atoms with Crippen LogP contribution in [0.4, 0.5) is 0 Å². The number of carbonyl (C=O) groups excluding carboxylic acids is 1. The Morgan fingerprint density at radius 3 is 2.91 bits per heavy atom. The number of hydrogen-bond donors (Lipinski definition) is 1. The van der Waals surface area contributed by atoms with E-state index in [2.05, 4.69) is 0 Å². The minimum Gasteiger partial charge on any atom is -0.479 e. The van der Waals surface area contributed by atoms with Gasteiger partial charge in [-0.15, -0.1) is 0 Å². The first-order valence-corrected chi connectivity index (χ1v) is 7.32. The van der Waals surface area contributed by atoms with Gasteiger partial charge in [0.15, 0.2) is 12.2 Å². The molecule has 1 aromatic rings. The van der Waals surface area contributed by atoms with Crippen molar-refractivity contribution in [3.63, 3.8) is 0 Å². The van der Waals surface area contributed by atoms with E-state index in [4.69, 9.17) is 26.2 Å². The van der Waals surface area contributed by atoms with E-state index in [-0.39, 0.29) is 19.1 Å². The zero-order chi connectivity index (χ0) is 16.3. The molecule has 0 radical (unpaired) electrons. The summed E-state index contributed by atoms with van der Waals surface area (Å²) in [5.74, 6) is -0.925. The number of nitrogens with zero attached hydrogens (tertiary/aromatic N) is 1. The summed E-state index contributed by atoms with van der Waals surface area (Å²) >= 11 is 6.05. The Labute approximate surface area is 133 Å². The van der Waals surface area contributed by atoms with Crippen LogP contribution in [0.3, 0.4) is 0 Å². The molecule has 7 heteroatoms. The summed E-state index contributed by atoms with van der Waals surface area (Å²) < 4.78 is 10.7. The van der Waals surface area contributed by atoms with E-state index in [1.165, 1.54) is 4.90 Å². The molecule has 1 aromatic carbocycles. The lowest BCUT2D eigenvalue weighted by molar-refractivity contribution is -0.161. The Bertz CT molecular complexity index is 577. The zero-order valence-electron chi connectivity index (χ0n) is 12.4. The third-order valence-corrected chi connectivity index (χ3v) is 3.70. The van der Waals surface area contributed by atoms with E-state index in [9.17, 15) is 9.59 Å². The molecule has 2 rings (SSSR count). The van der Waals surface area contributed by atoms with Crippen LogP contribution in [0.1, 0.15) is 12.5 Å². The van der Waals surface area contributed by atoms with Crippen LogP contribution in [0.5, 0.6) is 5.75 Å². The summed E-state index contributed by atoms with van der Waals surface area (Å²) in [5, 5.41) is 9.39. The highest BCUT2D eigenvalue weighted by atomic mass is 35.5. The molecule has 2 atom stereocenters. The van der Waals surface area contributed by atoms with Gasteiger partial charge in [0.05, 0.1) is 18.2 Å².